The Morgan fingerprint density at radius 3 is 1.30 bits per heavy atom. The molecule has 2 aliphatic carbocycles. The normalized spacial score (nSPS) is 16.1. The zero-order valence-corrected chi connectivity index (χ0v) is 32.4. The standard InChI is InChI=1S/2C25H19O.Zr/c2*1-2-20-13-14-25(26-20)19-15-18-9-6-12-23(24(18)16-19)22-11-5-8-17-7-3-4-10-21(17)22;/h2*3-16H,2H2,1H3;. The van der Waals surface area contributed by atoms with Gasteiger partial charge in [0.2, 0.25) is 0 Å². The molecule has 0 bridgehead atoms. The summed E-state index contributed by atoms with van der Waals surface area (Å²) in [5.41, 5.74) is 13.3. The molecule has 254 valence electrons. The summed E-state index contributed by atoms with van der Waals surface area (Å²) in [5.74, 6) is 4.08. The molecular formula is C50H38O2Zr. The van der Waals surface area contributed by atoms with E-state index in [2.05, 4.69) is 172 Å². The molecule has 0 radical (unpaired) electrons. The number of benzene rings is 6. The first kappa shape index (κ1) is 32.4. The minimum absolute atomic E-state index is 0.292. The van der Waals surface area contributed by atoms with E-state index >= 15 is 0 Å². The zero-order chi connectivity index (χ0) is 35.5. The van der Waals surface area contributed by atoms with Gasteiger partial charge >= 0.3 is 324 Å². The summed E-state index contributed by atoms with van der Waals surface area (Å²) in [7, 11) is 0. The molecule has 0 aliphatic heterocycles. The third-order valence-electron chi connectivity index (χ3n) is 11.2. The van der Waals surface area contributed by atoms with Crippen LogP contribution >= 0.6 is 0 Å². The van der Waals surface area contributed by atoms with Crippen LogP contribution in [0.2, 0.25) is 0 Å². The second-order valence-corrected chi connectivity index (χ2v) is 17.8. The van der Waals surface area contributed by atoms with Crippen molar-refractivity contribution in [2.45, 2.75) is 33.9 Å². The predicted octanol–water partition coefficient (Wildman–Crippen LogP) is 13.6. The van der Waals surface area contributed by atoms with Crippen molar-refractivity contribution in [1.82, 2.24) is 0 Å². The van der Waals surface area contributed by atoms with Crippen molar-refractivity contribution in [2.75, 3.05) is 0 Å². The molecule has 2 aromatic heterocycles. The van der Waals surface area contributed by atoms with Gasteiger partial charge in [0.25, 0.3) is 0 Å². The van der Waals surface area contributed by atoms with Crippen LogP contribution in [-0.4, -0.2) is 0 Å². The summed E-state index contributed by atoms with van der Waals surface area (Å²) in [5, 5.41) is 5.10. The maximum absolute atomic E-state index is 6.60. The molecule has 0 saturated carbocycles. The Labute approximate surface area is 322 Å². The van der Waals surface area contributed by atoms with Crippen LogP contribution < -0.4 is 0 Å². The molecular weight excluding hydrogens is 724 g/mol. The van der Waals surface area contributed by atoms with Crippen LogP contribution in [0.5, 0.6) is 0 Å². The fraction of sp³-hybridized carbons (Fsp3) is 0.120. The quantitative estimate of drug-likeness (QED) is 0.154. The molecule has 3 heteroatoms. The number of fused-ring (bicyclic) bond motifs is 4. The summed E-state index contributed by atoms with van der Waals surface area (Å²) in [4.78, 5) is 0. The molecule has 53 heavy (non-hydrogen) atoms. The minimum atomic E-state index is -1.37. The molecule has 2 nitrogen and oxygen atoms in total. The van der Waals surface area contributed by atoms with Crippen molar-refractivity contribution >= 4 is 44.8 Å². The van der Waals surface area contributed by atoms with Crippen LogP contribution in [0.1, 0.15) is 66.4 Å². The summed E-state index contributed by atoms with van der Waals surface area (Å²) < 4.78 is 13.8. The van der Waals surface area contributed by atoms with Gasteiger partial charge in [0.05, 0.1) is 0 Å². The van der Waals surface area contributed by atoms with E-state index in [0.717, 1.165) is 35.9 Å². The van der Waals surface area contributed by atoms with Crippen molar-refractivity contribution in [3.63, 3.8) is 0 Å². The summed E-state index contributed by atoms with van der Waals surface area (Å²) >= 11 is -1.37. The Bertz CT molecular complexity index is 2560. The summed E-state index contributed by atoms with van der Waals surface area (Å²) in [6.07, 6.45) is 6.68. The molecule has 8 aromatic rings. The SMILES string of the molecule is CCc1ccc(C2=Cc3c(-c4cccc5ccccc45)cccc3[CH]2[Zr][CH]2C(c3ccc(CC)o3)=Cc3c(-c4cccc5ccccc45)cccc32)o1. The average molecular weight is 762 g/mol. The van der Waals surface area contributed by atoms with Crippen LogP contribution in [0, 0.1) is 0 Å². The van der Waals surface area contributed by atoms with Crippen LogP contribution in [0.15, 0.2) is 154 Å². The van der Waals surface area contributed by atoms with Gasteiger partial charge in [0.1, 0.15) is 0 Å². The van der Waals surface area contributed by atoms with E-state index in [4.69, 9.17) is 8.83 Å². The number of rotatable bonds is 8. The van der Waals surface area contributed by atoms with Crippen molar-refractivity contribution in [3.8, 4) is 22.3 Å². The molecule has 6 aromatic carbocycles. The van der Waals surface area contributed by atoms with E-state index < -0.39 is 23.2 Å². The zero-order valence-electron chi connectivity index (χ0n) is 29.9. The maximum atomic E-state index is 6.60. The first-order chi connectivity index (χ1) is 26.2. The Morgan fingerprint density at radius 1 is 0.434 bits per heavy atom. The van der Waals surface area contributed by atoms with E-state index in [-0.39, 0.29) is 0 Å². The Hall–Kier alpha value is -5.24. The van der Waals surface area contributed by atoms with E-state index in [1.165, 1.54) is 77.2 Å². The molecule has 0 spiro atoms. The van der Waals surface area contributed by atoms with Gasteiger partial charge in [-0.05, 0) is 0 Å². The number of hydrogen-bond donors (Lipinski definition) is 0. The van der Waals surface area contributed by atoms with Crippen molar-refractivity contribution in [1.29, 1.82) is 0 Å². The Morgan fingerprint density at radius 2 is 0.849 bits per heavy atom. The second kappa shape index (κ2) is 13.3. The predicted molar refractivity (Wildman–Crippen MR) is 216 cm³/mol. The molecule has 2 heterocycles. The van der Waals surface area contributed by atoms with Gasteiger partial charge in [-0.15, -0.1) is 0 Å². The molecule has 2 atom stereocenters. The van der Waals surface area contributed by atoms with E-state index in [1.54, 1.807) is 0 Å². The number of aryl methyl sites for hydroxylation is 2. The van der Waals surface area contributed by atoms with Crippen LogP contribution in [0.3, 0.4) is 0 Å². The van der Waals surface area contributed by atoms with Gasteiger partial charge in [-0.1, -0.05) is 0 Å². The van der Waals surface area contributed by atoms with Crippen LogP contribution in [0.25, 0.3) is 67.1 Å². The van der Waals surface area contributed by atoms with Gasteiger partial charge in [-0.25, -0.2) is 0 Å². The Kier molecular flexibility index (Phi) is 8.14. The molecule has 2 unspecified atom stereocenters. The third kappa shape index (κ3) is 5.48. The van der Waals surface area contributed by atoms with Crippen molar-refractivity contribution in [2.24, 2.45) is 0 Å². The van der Waals surface area contributed by atoms with E-state index in [1.807, 2.05) is 0 Å². The number of furan rings is 2. The molecule has 0 N–H and O–H groups in total. The summed E-state index contributed by atoms with van der Waals surface area (Å²) in [6.45, 7) is 4.34. The molecule has 10 rings (SSSR count). The summed E-state index contributed by atoms with van der Waals surface area (Å²) in [6, 6.07) is 53.6. The first-order valence-electron chi connectivity index (χ1n) is 18.8. The fourth-order valence-corrected chi connectivity index (χ4v) is 13.5. The topological polar surface area (TPSA) is 26.3 Å². The average Bonchev–Trinajstić information content (AvgIpc) is 4.03. The van der Waals surface area contributed by atoms with Gasteiger partial charge in [0.15, 0.2) is 0 Å². The van der Waals surface area contributed by atoms with E-state index in [9.17, 15) is 0 Å². The monoisotopic (exact) mass is 760 g/mol. The number of allylic oxidation sites excluding steroid dienone is 2. The molecule has 2 aliphatic rings. The fourth-order valence-electron chi connectivity index (χ4n) is 8.59. The first-order valence-corrected chi connectivity index (χ1v) is 21.6. The van der Waals surface area contributed by atoms with Gasteiger partial charge in [-0.2, -0.15) is 0 Å². The van der Waals surface area contributed by atoms with Crippen molar-refractivity contribution < 1.29 is 32.1 Å². The number of hydrogen-bond acceptors (Lipinski definition) is 2. The molecule has 0 amide bonds. The van der Waals surface area contributed by atoms with Gasteiger partial charge in [0, 0.05) is 0 Å². The van der Waals surface area contributed by atoms with E-state index in [0.29, 0.717) is 7.25 Å². The van der Waals surface area contributed by atoms with Crippen molar-refractivity contribution in [3.05, 3.63) is 191 Å². The van der Waals surface area contributed by atoms with Crippen LogP contribution in [-0.2, 0) is 36.1 Å². The molecule has 0 fully saturated rings. The molecule has 0 saturated heterocycles. The second-order valence-electron chi connectivity index (χ2n) is 14.1. The van der Waals surface area contributed by atoms with Gasteiger partial charge in [-0.3, -0.25) is 0 Å². The van der Waals surface area contributed by atoms with Gasteiger partial charge < -0.3 is 0 Å². The Balaban J connectivity index is 1.15. The third-order valence-corrected chi connectivity index (χ3v) is 15.9. The van der Waals surface area contributed by atoms with Crippen LogP contribution in [0.4, 0.5) is 0 Å².